The van der Waals surface area contributed by atoms with Crippen LogP contribution in [-0.4, -0.2) is 12.6 Å². The Bertz CT molecular complexity index is 239. The lowest BCUT2D eigenvalue weighted by Gasteiger charge is -2.02. The summed E-state index contributed by atoms with van der Waals surface area (Å²) in [4.78, 5) is 10.9. The summed E-state index contributed by atoms with van der Waals surface area (Å²) in [6.07, 6.45) is 7.77. The molecule has 0 saturated heterocycles. The molecule has 0 aliphatic carbocycles. The summed E-state index contributed by atoms with van der Waals surface area (Å²) in [5.41, 5.74) is 1.07. The van der Waals surface area contributed by atoms with Gasteiger partial charge >= 0.3 is 5.97 Å². The number of hydrogen-bond acceptors (Lipinski definition) is 2. The van der Waals surface area contributed by atoms with E-state index in [1.165, 1.54) is 0 Å². The number of carbonyl (C=O) groups excluding carboxylic acids is 1. The Morgan fingerprint density at radius 3 is 2.60 bits per heavy atom. The molecular weight excluding hydrogens is 188 g/mol. The monoisotopic (exact) mass is 210 g/mol. The maximum Gasteiger partial charge on any atom is 0.305 e. The minimum Gasteiger partial charge on any atom is -0.461 e. The molecule has 0 radical (unpaired) electrons. The van der Waals surface area contributed by atoms with E-state index in [0.29, 0.717) is 18.9 Å². The molecule has 1 unspecified atom stereocenters. The van der Waals surface area contributed by atoms with Gasteiger partial charge in [-0.05, 0) is 18.4 Å². The van der Waals surface area contributed by atoms with E-state index in [9.17, 15) is 4.79 Å². The maximum absolute atomic E-state index is 10.9. The average molecular weight is 210 g/mol. The van der Waals surface area contributed by atoms with Crippen LogP contribution in [0.4, 0.5) is 0 Å². The van der Waals surface area contributed by atoms with Crippen molar-refractivity contribution < 1.29 is 9.53 Å². The van der Waals surface area contributed by atoms with Gasteiger partial charge in [0.2, 0.25) is 0 Å². The lowest BCUT2D eigenvalue weighted by atomic mass is 10.1. The summed E-state index contributed by atoms with van der Waals surface area (Å²) in [6.45, 7) is 8.50. The molecule has 2 nitrogen and oxygen atoms in total. The third-order valence-corrected chi connectivity index (χ3v) is 2.21. The second-order valence-electron chi connectivity index (χ2n) is 3.80. The van der Waals surface area contributed by atoms with Crippen LogP contribution in [0.3, 0.4) is 0 Å². The predicted molar refractivity (Wildman–Crippen MR) is 63.6 cm³/mol. The predicted octanol–water partition coefficient (Wildman–Crippen LogP) is 3.49. The highest BCUT2D eigenvalue weighted by Gasteiger charge is 1.97. The lowest BCUT2D eigenvalue weighted by Crippen LogP contribution is -2.04. The van der Waals surface area contributed by atoms with Gasteiger partial charge in [0.05, 0.1) is 0 Å². The van der Waals surface area contributed by atoms with E-state index in [1.807, 2.05) is 19.1 Å². The zero-order valence-electron chi connectivity index (χ0n) is 10.2. The zero-order valence-corrected chi connectivity index (χ0v) is 10.2. The van der Waals surface area contributed by atoms with Crippen LogP contribution in [0, 0.1) is 5.92 Å². The molecule has 0 rings (SSSR count). The molecule has 0 fully saturated rings. The SMILES string of the molecule is CCC(=O)OC/C(C)=C/C=C/C(C)CC. The molecule has 0 aliphatic heterocycles. The van der Waals surface area contributed by atoms with Gasteiger partial charge in [-0.3, -0.25) is 4.79 Å². The lowest BCUT2D eigenvalue weighted by molar-refractivity contribution is -0.142. The Balaban J connectivity index is 3.88. The highest BCUT2D eigenvalue weighted by atomic mass is 16.5. The summed E-state index contributed by atoms with van der Waals surface area (Å²) in [6, 6.07) is 0. The molecule has 86 valence electrons. The number of allylic oxidation sites excluding steroid dienone is 3. The van der Waals surface area contributed by atoms with Crippen molar-refractivity contribution in [1.29, 1.82) is 0 Å². The molecule has 0 aromatic rings. The Morgan fingerprint density at radius 1 is 1.40 bits per heavy atom. The number of carbonyl (C=O) groups is 1. The Kier molecular flexibility index (Phi) is 7.69. The van der Waals surface area contributed by atoms with Crippen LogP contribution >= 0.6 is 0 Å². The molecule has 1 atom stereocenters. The second kappa shape index (κ2) is 8.27. The van der Waals surface area contributed by atoms with Crippen molar-refractivity contribution in [2.75, 3.05) is 6.61 Å². The Labute approximate surface area is 93.0 Å². The summed E-state index contributed by atoms with van der Waals surface area (Å²) < 4.78 is 5.00. The van der Waals surface area contributed by atoms with Crippen LogP contribution in [0.15, 0.2) is 23.8 Å². The van der Waals surface area contributed by atoms with Gasteiger partial charge in [0.25, 0.3) is 0 Å². The minimum atomic E-state index is -0.145. The van der Waals surface area contributed by atoms with E-state index >= 15 is 0 Å². The zero-order chi connectivity index (χ0) is 11.7. The molecule has 0 amide bonds. The van der Waals surface area contributed by atoms with Crippen LogP contribution in [-0.2, 0) is 9.53 Å². The molecule has 0 aromatic carbocycles. The van der Waals surface area contributed by atoms with E-state index in [4.69, 9.17) is 4.74 Å². The van der Waals surface area contributed by atoms with Crippen molar-refractivity contribution in [3.63, 3.8) is 0 Å². The first-order valence-electron chi connectivity index (χ1n) is 5.59. The first-order valence-corrected chi connectivity index (χ1v) is 5.59. The highest BCUT2D eigenvalue weighted by Crippen LogP contribution is 2.03. The fraction of sp³-hybridized carbons (Fsp3) is 0.615. The van der Waals surface area contributed by atoms with Crippen LogP contribution in [0.5, 0.6) is 0 Å². The molecule has 0 aliphatic rings. The minimum absolute atomic E-state index is 0.145. The van der Waals surface area contributed by atoms with Crippen LogP contribution in [0.2, 0.25) is 0 Å². The fourth-order valence-corrected chi connectivity index (χ4v) is 0.890. The summed E-state index contributed by atoms with van der Waals surface area (Å²) >= 11 is 0. The Morgan fingerprint density at radius 2 is 2.07 bits per heavy atom. The van der Waals surface area contributed by atoms with Crippen molar-refractivity contribution >= 4 is 5.97 Å². The smallest absolute Gasteiger partial charge is 0.305 e. The van der Waals surface area contributed by atoms with E-state index in [2.05, 4.69) is 19.9 Å². The van der Waals surface area contributed by atoms with Crippen molar-refractivity contribution in [3.05, 3.63) is 23.8 Å². The number of rotatable bonds is 6. The average Bonchev–Trinajstić information content (AvgIpc) is 2.25. The van der Waals surface area contributed by atoms with Gasteiger partial charge in [-0.15, -0.1) is 0 Å². The van der Waals surface area contributed by atoms with Gasteiger partial charge < -0.3 is 4.74 Å². The summed E-state index contributed by atoms with van der Waals surface area (Å²) in [5, 5.41) is 0. The first kappa shape index (κ1) is 13.9. The van der Waals surface area contributed by atoms with Crippen molar-refractivity contribution in [3.8, 4) is 0 Å². The third kappa shape index (κ3) is 7.98. The van der Waals surface area contributed by atoms with Gasteiger partial charge in [-0.2, -0.15) is 0 Å². The van der Waals surface area contributed by atoms with Crippen LogP contribution in [0.1, 0.15) is 40.5 Å². The van der Waals surface area contributed by atoms with Gasteiger partial charge in [0.15, 0.2) is 0 Å². The van der Waals surface area contributed by atoms with Gasteiger partial charge in [0.1, 0.15) is 6.61 Å². The molecule has 0 saturated carbocycles. The second-order valence-corrected chi connectivity index (χ2v) is 3.80. The van der Waals surface area contributed by atoms with Crippen molar-refractivity contribution in [2.24, 2.45) is 5.92 Å². The number of hydrogen-bond donors (Lipinski definition) is 0. The van der Waals surface area contributed by atoms with Crippen LogP contribution in [0.25, 0.3) is 0 Å². The van der Waals surface area contributed by atoms with Gasteiger partial charge in [-0.25, -0.2) is 0 Å². The van der Waals surface area contributed by atoms with Gasteiger partial charge in [-0.1, -0.05) is 45.4 Å². The van der Waals surface area contributed by atoms with Crippen LogP contribution < -0.4 is 0 Å². The summed E-state index contributed by atoms with van der Waals surface area (Å²) in [7, 11) is 0. The molecule has 0 aromatic heterocycles. The molecule has 0 N–H and O–H groups in total. The standard InChI is InChI=1S/C13H22O2/c1-5-11(3)8-7-9-12(4)10-15-13(14)6-2/h7-9,11H,5-6,10H2,1-4H3/b8-7+,12-9+. The fourth-order valence-electron chi connectivity index (χ4n) is 0.890. The molecule has 0 spiro atoms. The van der Waals surface area contributed by atoms with E-state index in [1.54, 1.807) is 6.92 Å². The Hall–Kier alpha value is -1.05. The first-order chi connectivity index (χ1) is 7.10. The molecular formula is C13H22O2. The van der Waals surface area contributed by atoms with E-state index in [0.717, 1.165) is 12.0 Å². The molecule has 0 bridgehead atoms. The largest absolute Gasteiger partial charge is 0.461 e. The number of esters is 1. The van der Waals surface area contributed by atoms with Gasteiger partial charge in [0, 0.05) is 6.42 Å². The number of ether oxygens (including phenoxy) is 1. The summed E-state index contributed by atoms with van der Waals surface area (Å²) in [5.74, 6) is 0.459. The molecule has 0 heterocycles. The van der Waals surface area contributed by atoms with Crippen molar-refractivity contribution in [2.45, 2.75) is 40.5 Å². The molecule has 15 heavy (non-hydrogen) atoms. The highest BCUT2D eigenvalue weighted by molar-refractivity contribution is 5.69. The van der Waals surface area contributed by atoms with Crippen molar-refractivity contribution in [1.82, 2.24) is 0 Å². The molecule has 2 heteroatoms. The quantitative estimate of drug-likeness (QED) is 0.495. The topological polar surface area (TPSA) is 26.3 Å². The van der Waals surface area contributed by atoms with E-state index in [-0.39, 0.29) is 5.97 Å². The normalized spacial score (nSPS) is 14.3. The third-order valence-electron chi connectivity index (χ3n) is 2.21. The maximum atomic E-state index is 10.9. The van der Waals surface area contributed by atoms with E-state index < -0.39 is 0 Å².